The van der Waals surface area contributed by atoms with E-state index in [1.54, 1.807) is 6.92 Å². The van der Waals surface area contributed by atoms with Gasteiger partial charge in [-0.25, -0.2) is 0 Å². The first kappa shape index (κ1) is 13.4. The molecule has 2 N–H and O–H groups in total. The topological polar surface area (TPSA) is 109 Å². The second kappa shape index (κ2) is 5.62. The van der Waals surface area contributed by atoms with E-state index in [0.717, 1.165) is 4.88 Å². The lowest BCUT2D eigenvalue weighted by Crippen LogP contribution is -2.21. The Hall–Kier alpha value is -1.63. The van der Waals surface area contributed by atoms with E-state index >= 15 is 0 Å². The van der Waals surface area contributed by atoms with Gasteiger partial charge in [-0.1, -0.05) is 0 Å². The van der Waals surface area contributed by atoms with E-state index in [-0.39, 0.29) is 17.8 Å². The number of carboxylic acids is 1. The minimum Gasteiger partial charge on any atom is -0.550 e. The highest BCUT2D eigenvalue weighted by atomic mass is 32.1. The number of hydrogen-bond acceptors (Lipinski definition) is 6. The van der Waals surface area contributed by atoms with Crippen LogP contribution in [0, 0.1) is 17.0 Å². The maximum Gasteiger partial charge on any atom is 0.305 e. The van der Waals surface area contributed by atoms with Crippen LogP contribution in [0.25, 0.3) is 0 Å². The molecule has 0 spiro atoms. The summed E-state index contributed by atoms with van der Waals surface area (Å²) in [7, 11) is 0. The van der Waals surface area contributed by atoms with Gasteiger partial charge in [0.15, 0.2) is 0 Å². The molecule has 1 aromatic heterocycles. The van der Waals surface area contributed by atoms with Gasteiger partial charge in [0, 0.05) is 10.8 Å². The van der Waals surface area contributed by atoms with E-state index in [1.807, 2.05) is 0 Å². The number of carbonyl (C=O) groups excluding carboxylic acids is 1. The molecule has 0 amide bonds. The fourth-order valence-electron chi connectivity index (χ4n) is 1.58. The average Bonchev–Trinajstić information content (AvgIpc) is 2.48. The van der Waals surface area contributed by atoms with E-state index in [0.29, 0.717) is 24.1 Å². The van der Waals surface area contributed by atoms with Gasteiger partial charge in [-0.3, -0.25) is 10.1 Å². The van der Waals surface area contributed by atoms with Crippen LogP contribution in [-0.2, 0) is 11.2 Å². The zero-order valence-corrected chi connectivity index (χ0v) is 10.2. The second-order valence-corrected chi connectivity index (χ2v) is 4.99. The SMILES string of the molecule is Cc1sc(CCCCC(=O)[O-])c(N)c1[N+](=O)[O-]. The van der Waals surface area contributed by atoms with Crippen molar-refractivity contribution in [2.24, 2.45) is 0 Å². The summed E-state index contributed by atoms with van der Waals surface area (Å²) in [6.07, 6.45) is 1.70. The number of nitro groups is 1. The van der Waals surface area contributed by atoms with Crippen LogP contribution < -0.4 is 10.8 Å². The first-order valence-corrected chi connectivity index (χ1v) is 5.97. The summed E-state index contributed by atoms with van der Waals surface area (Å²) in [5.41, 5.74) is 5.88. The van der Waals surface area contributed by atoms with Crippen molar-refractivity contribution in [3.63, 3.8) is 0 Å². The molecule has 0 atom stereocenters. The van der Waals surface area contributed by atoms with Crippen LogP contribution in [-0.4, -0.2) is 10.9 Å². The van der Waals surface area contributed by atoms with Crippen LogP contribution in [0.15, 0.2) is 0 Å². The third kappa shape index (κ3) is 3.42. The fourth-order valence-corrected chi connectivity index (χ4v) is 2.68. The molecule has 0 aliphatic carbocycles. The molecule has 1 heterocycles. The Morgan fingerprint density at radius 2 is 2.12 bits per heavy atom. The Morgan fingerprint density at radius 3 is 2.59 bits per heavy atom. The number of nitrogens with zero attached hydrogens (tertiary/aromatic N) is 1. The molecule has 0 aliphatic heterocycles. The molecule has 0 fully saturated rings. The highest BCUT2D eigenvalue weighted by Gasteiger charge is 2.22. The molecule has 1 aromatic rings. The molecule has 0 saturated heterocycles. The number of thiophene rings is 1. The largest absolute Gasteiger partial charge is 0.550 e. The number of nitrogens with two attached hydrogens (primary N) is 1. The van der Waals surface area contributed by atoms with Crippen molar-refractivity contribution in [1.29, 1.82) is 0 Å². The van der Waals surface area contributed by atoms with E-state index in [9.17, 15) is 20.0 Å². The molecule has 0 aliphatic rings. The van der Waals surface area contributed by atoms with Crippen molar-refractivity contribution in [3.05, 3.63) is 19.9 Å². The summed E-state index contributed by atoms with van der Waals surface area (Å²) in [4.78, 5) is 21.8. The zero-order chi connectivity index (χ0) is 13.0. The first-order valence-electron chi connectivity index (χ1n) is 5.15. The smallest absolute Gasteiger partial charge is 0.305 e. The Morgan fingerprint density at radius 1 is 1.47 bits per heavy atom. The highest BCUT2D eigenvalue weighted by molar-refractivity contribution is 7.13. The minimum atomic E-state index is -1.08. The third-order valence-electron chi connectivity index (χ3n) is 2.38. The van der Waals surface area contributed by atoms with E-state index in [4.69, 9.17) is 5.73 Å². The number of aliphatic carboxylic acids is 1. The van der Waals surface area contributed by atoms with Crippen LogP contribution in [0.5, 0.6) is 0 Å². The number of aryl methyl sites for hydroxylation is 2. The Balaban J connectivity index is 2.63. The molecule has 0 bridgehead atoms. The molecular weight excluding hydrogens is 244 g/mol. The maximum absolute atomic E-state index is 10.7. The Bertz CT molecular complexity index is 442. The lowest BCUT2D eigenvalue weighted by molar-refractivity contribution is -0.384. The van der Waals surface area contributed by atoms with Gasteiger partial charge in [0.1, 0.15) is 5.69 Å². The van der Waals surface area contributed by atoms with Crippen LogP contribution in [0.3, 0.4) is 0 Å². The molecular formula is C10H13N2O4S-. The predicted octanol–water partition coefficient (Wildman–Crippen LogP) is 1.01. The maximum atomic E-state index is 10.7. The molecule has 0 saturated carbocycles. The summed E-state index contributed by atoms with van der Waals surface area (Å²) in [6, 6.07) is 0. The summed E-state index contributed by atoms with van der Waals surface area (Å²) in [5.74, 6) is -1.08. The summed E-state index contributed by atoms with van der Waals surface area (Å²) >= 11 is 1.30. The van der Waals surface area contributed by atoms with Gasteiger partial charge in [-0.2, -0.15) is 0 Å². The Kier molecular flexibility index (Phi) is 4.45. The number of rotatable bonds is 6. The normalized spacial score (nSPS) is 10.4. The monoisotopic (exact) mass is 257 g/mol. The van der Waals surface area contributed by atoms with Gasteiger partial charge < -0.3 is 15.6 Å². The highest BCUT2D eigenvalue weighted by Crippen LogP contribution is 2.37. The lowest BCUT2D eigenvalue weighted by Gasteiger charge is -2.01. The van der Waals surface area contributed by atoms with Crippen LogP contribution in [0.2, 0.25) is 0 Å². The first-order chi connectivity index (χ1) is 7.93. The van der Waals surface area contributed by atoms with Crippen molar-refractivity contribution in [2.45, 2.75) is 32.6 Å². The summed E-state index contributed by atoms with van der Waals surface area (Å²) in [6.45, 7) is 1.66. The van der Waals surface area contributed by atoms with E-state index in [1.165, 1.54) is 11.3 Å². The predicted molar refractivity (Wildman–Crippen MR) is 62.7 cm³/mol. The molecule has 94 valence electrons. The molecule has 7 heteroatoms. The van der Waals surface area contributed by atoms with Gasteiger partial charge in [0.2, 0.25) is 0 Å². The number of nitrogen functional groups attached to an aromatic ring is 1. The van der Waals surface area contributed by atoms with E-state index in [2.05, 4.69) is 0 Å². The molecule has 6 nitrogen and oxygen atoms in total. The summed E-state index contributed by atoms with van der Waals surface area (Å²) in [5, 5.41) is 20.9. The standard InChI is InChI=1S/C10H14N2O4S/c1-6-10(12(15)16)9(11)7(17-6)4-2-3-5-8(13)14/h2-5,11H2,1H3,(H,13,14)/p-1. The number of hydrogen-bond donors (Lipinski definition) is 1. The number of unbranched alkanes of at least 4 members (excludes halogenated alkanes) is 1. The van der Waals surface area contributed by atoms with Gasteiger partial charge in [-0.05, 0) is 32.6 Å². The zero-order valence-electron chi connectivity index (χ0n) is 9.39. The number of carbonyl (C=O) groups is 1. The number of anilines is 1. The van der Waals surface area contributed by atoms with Gasteiger partial charge in [-0.15, -0.1) is 11.3 Å². The van der Waals surface area contributed by atoms with Gasteiger partial charge in [0.05, 0.1) is 9.80 Å². The van der Waals surface area contributed by atoms with Gasteiger partial charge in [0.25, 0.3) is 0 Å². The molecule has 0 aromatic carbocycles. The van der Waals surface area contributed by atoms with Crippen molar-refractivity contribution in [3.8, 4) is 0 Å². The van der Waals surface area contributed by atoms with Crippen LogP contribution >= 0.6 is 11.3 Å². The van der Waals surface area contributed by atoms with Crippen LogP contribution in [0.1, 0.15) is 29.0 Å². The average molecular weight is 257 g/mol. The molecule has 0 radical (unpaired) electrons. The minimum absolute atomic E-state index is 0.00630. The van der Waals surface area contributed by atoms with Crippen molar-refractivity contribution in [2.75, 3.05) is 5.73 Å². The van der Waals surface area contributed by atoms with Crippen molar-refractivity contribution in [1.82, 2.24) is 0 Å². The van der Waals surface area contributed by atoms with Gasteiger partial charge >= 0.3 is 5.69 Å². The summed E-state index contributed by atoms with van der Waals surface area (Å²) < 4.78 is 0. The fraction of sp³-hybridized carbons (Fsp3) is 0.500. The molecule has 0 unspecified atom stereocenters. The second-order valence-electron chi connectivity index (χ2n) is 3.68. The number of carboxylic acid groups (broad SMARTS) is 1. The quantitative estimate of drug-likeness (QED) is 0.464. The Labute approximate surface area is 102 Å². The molecule has 17 heavy (non-hydrogen) atoms. The van der Waals surface area contributed by atoms with E-state index < -0.39 is 10.9 Å². The van der Waals surface area contributed by atoms with Crippen molar-refractivity contribution < 1.29 is 14.8 Å². The lowest BCUT2D eigenvalue weighted by atomic mass is 10.1. The van der Waals surface area contributed by atoms with Crippen LogP contribution in [0.4, 0.5) is 11.4 Å². The van der Waals surface area contributed by atoms with Crippen molar-refractivity contribution >= 4 is 28.7 Å². The molecule has 1 rings (SSSR count). The third-order valence-corrected chi connectivity index (χ3v) is 3.55.